The van der Waals surface area contributed by atoms with Crippen LogP contribution in [0, 0.1) is 0 Å². The van der Waals surface area contributed by atoms with E-state index < -0.39 is 0 Å². The van der Waals surface area contributed by atoms with Crippen molar-refractivity contribution in [1.29, 1.82) is 0 Å². The van der Waals surface area contributed by atoms with Crippen molar-refractivity contribution >= 4 is 23.7 Å². The van der Waals surface area contributed by atoms with Gasteiger partial charge < -0.3 is 20.1 Å². The topological polar surface area (TPSA) is 66.4 Å². The predicted octanol–water partition coefficient (Wildman–Crippen LogP) is 2.12. The van der Waals surface area contributed by atoms with Crippen LogP contribution in [0.4, 0.5) is 4.79 Å². The molecule has 3 amide bonds. The van der Waals surface area contributed by atoms with E-state index in [1.807, 2.05) is 16.7 Å². The molecule has 1 aromatic heterocycles. The zero-order valence-electron chi connectivity index (χ0n) is 14.6. The maximum atomic E-state index is 12.6. The molecule has 4 heterocycles. The molecule has 6 nitrogen and oxygen atoms in total. The SMILES string of the molecule is C[C@@H]1c2cccn2CCN1C(=O)CCCC[C@@H]1SC[C@@H]2NC(=O)N[C@@H]21. The molecule has 0 saturated carbocycles. The molecule has 3 aliphatic rings. The highest BCUT2D eigenvalue weighted by atomic mass is 32.2. The van der Waals surface area contributed by atoms with E-state index in [4.69, 9.17) is 0 Å². The number of nitrogens with zero attached hydrogens (tertiary/aromatic N) is 2. The van der Waals surface area contributed by atoms with E-state index in [1.165, 1.54) is 5.69 Å². The lowest BCUT2D eigenvalue weighted by atomic mass is 10.0. The second-order valence-electron chi connectivity index (χ2n) is 7.26. The van der Waals surface area contributed by atoms with E-state index in [9.17, 15) is 9.59 Å². The molecule has 7 heteroatoms. The summed E-state index contributed by atoms with van der Waals surface area (Å²) in [6.45, 7) is 3.82. The van der Waals surface area contributed by atoms with Crippen LogP contribution in [0.3, 0.4) is 0 Å². The number of urea groups is 1. The number of carbonyl (C=O) groups is 2. The van der Waals surface area contributed by atoms with E-state index >= 15 is 0 Å². The highest BCUT2D eigenvalue weighted by Gasteiger charge is 2.42. The number of aromatic nitrogens is 1. The molecule has 0 spiro atoms. The van der Waals surface area contributed by atoms with Gasteiger partial charge in [0.2, 0.25) is 5.91 Å². The van der Waals surface area contributed by atoms with Crippen LogP contribution in [0.1, 0.15) is 44.3 Å². The minimum absolute atomic E-state index is 0.0284. The first-order valence-electron chi connectivity index (χ1n) is 9.26. The van der Waals surface area contributed by atoms with Crippen LogP contribution in [0.15, 0.2) is 18.3 Å². The second-order valence-corrected chi connectivity index (χ2v) is 8.53. The third-order valence-corrected chi connectivity index (χ3v) is 7.24. The van der Waals surface area contributed by atoms with Crippen LogP contribution in [-0.2, 0) is 11.3 Å². The minimum Gasteiger partial charge on any atom is -0.348 e. The molecular weight excluding hydrogens is 336 g/mol. The maximum Gasteiger partial charge on any atom is 0.315 e. The van der Waals surface area contributed by atoms with Crippen LogP contribution >= 0.6 is 11.8 Å². The van der Waals surface area contributed by atoms with Crippen LogP contribution in [0.2, 0.25) is 0 Å². The van der Waals surface area contributed by atoms with E-state index in [0.717, 1.165) is 38.1 Å². The average molecular weight is 362 g/mol. The number of unbranched alkanes of at least 4 members (excludes halogenated alkanes) is 1. The fourth-order valence-electron chi connectivity index (χ4n) is 4.33. The molecule has 2 N–H and O–H groups in total. The Morgan fingerprint density at radius 3 is 3.08 bits per heavy atom. The van der Waals surface area contributed by atoms with Gasteiger partial charge in [-0.1, -0.05) is 6.42 Å². The summed E-state index contributed by atoms with van der Waals surface area (Å²) in [5, 5.41) is 6.49. The summed E-state index contributed by atoms with van der Waals surface area (Å²) in [4.78, 5) is 26.0. The lowest BCUT2D eigenvalue weighted by Crippen LogP contribution is -2.40. The van der Waals surface area contributed by atoms with Gasteiger partial charge in [-0.25, -0.2) is 4.79 Å². The smallest absolute Gasteiger partial charge is 0.315 e. The normalized spacial score (nSPS) is 30.6. The van der Waals surface area contributed by atoms with Crippen molar-refractivity contribution in [1.82, 2.24) is 20.1 Å². The number of nitrogens with one attached hydrogen (secondary N) is 2. The first-order chi connectivity index (χ1) is 12.1. The zero-order chi connectivity index (χ0) is 17.4. The molecule has 3 aliphatic heterocycles. The molecular formula is C18H26N4O2S. The monoisotopic (exact) mass is 362 g/mol. The Kier molecular flexibility index (Phi) is 4.67. The van der Waals surface area contributed by atoms with E-state index in [1.54, 1.807) is 0 Å². The fraction of sp³-hybridized carbons (Fsp3) is 0.667. The van der Waals surface area contributed by atoms with Gasteiger partial charge in [0.1, 0.15) is 0 Å². The van der Waals surface area contributed by atoms with Gasteiger partial charge in [-0.2, -0.15) is 11.8 Å². The molecule has 2 fully saturated rings. The molecule has 0 radical (unpaired) electrons. The van der Waals surface area contributed by atoms with Crippen molar-refractivity contribution in [3.8, 4) is 0 Å². The van der Waals surface area contributed by atoms with Gasteiger partial charge in [-0.05, 0) is 31.9 Å². The number of fused-ring (bicyclic) bond motifs is 2. The largest absolute Gasteiger partial charge is 0.348 e. The highest BCUT2D eigenvalue weighted by molar-refractivity contribution is 8.00. The number of amides is 3. The molecule has 25 heavy (non-hydrogen) atoms. The Bertz CT molecular complexity index is 661. The fourth-order valence-corrected chi connectivity index (χ4v) is 5.87. The van der Waals surface area contributed by atoms with Crippen LogP contribution in [0.5, 0.6) is 0 Å². The van der Waals surface area contributed by atoms with Crippen molar-refractivity contribution in [2.45, 2.75) is 62.5 Å². The zero-order valence-corrected chi connectivity index (χ0v) is 15.4. The lowest BCUT2D eigenvalue weighted by molar-refractivity contribution is -0.134. The van der Waals surface area contributed by atoms with Gasteiger partial charge in [0, 0.05) is 42.4 Å². The Morgan fingerprint density at radius 2 is 2.20 bits per heavy atom. The van der Waals surface area contributed by atoms with Crippen LogP contribution in [-0.4, -0.2) is 51.0 Å². The summed E-state index contributed by atoms with van der Waals surface area (Å²) in [6, 6.07) is 4.87. The third kappa shape index (κ3) is 3.26. The summed E-state index contributed by atoms with van der Waals surface area (Å²) in [7, 11) is 0. The Morgan fingerprint density at radius 1 is 1.32 bits per heavy atom. The first kappa shape index (κ1) is 16.8. The Balaban J connectivity index is 1.22. The molecule has 0 aromatic carbocycles. The maximum absolute atomic E-state index is 12.6. The summed E-state index contributed by atoms with van der Waals surface area (Å²) in [5.74, 6) is 1.27. The lowest BCUT2D eigenvalue weighted by Gasteiger charge is -2.35. The van der Waals surface area contributed by atoms with Gasteiger partial charge in [0.15, 0.2) is 0 Å². The number of hydrogen-bond donors (Lipinski definition) is 2. The Hall–Kier alpha value is -1.63. The molecule has 0 aliphatic carbocycles. The minimum atomic E-state index is -0.0284. The number of hydrogen-bond acceptors (Lipinski definition) is 3. The van der Waals surface area contributed by atoms with Crippen LogP contribution in [0.25, 0.3) is 0 Å². The molecule has 0 bridgehead atoms. The molecule has 2 saturated heterocycles. The molecule has 1 aromatic rings. The molecule has 4 rings (SSSR count). The van der Waals surface area contributed by atoms with Crippen molar-refractivity contribution < 1.29 is 9.59 Å². The van der Waals surface area contributed by atoms with Gasteiger partial charge >= 0.3 is 6.03 Å². The summed E-state index contributed by atoms with van der Waals surface area (Å²) >= 11 is 1.94. The van der Waals surface area contributed by atoms with Crippen molar-refractivity contribution in [3.63, 3.8) is 0 Å². The Labute approximate surface area is 152 Å². The summed E-state index contributed by atoms with van der Waals surface area (Å²) in [6.07, 6.45) is 5.76. The first-order valence-corrected chi connectivity index (χ1v) is 10.3. The van der Waals surface area contributed by atoms with Crippen molar-refractivity contribution in [2.24, 2.45) is 0 Å². The molecule has 4 atom stereocenters. The number of thioether (sulfide) groups is 1. The average Bonchev–Trinajstić information content (AvgIpc) is 3.28. The third-order valence-electron chi connectivity index (χ3n) is 5.73. The summed E-state index contributed by atoms with van der Waals surface area (Å²) < 4.78 is 2.24. The van der Waals surface area contributed by atoms with Crippen LogP contribution < -0.4 is 10.6 Å². The van der Waals surface area contributed by atoms with E-state index in [-0.39, 0.29) is 30.1 Å². The molecule has 0 unspecified atom stereocenters. The van der Waals surface area contributed by atoms with Gasteiger partial charge in [0.05, 0.1) is 18.1 Å². The quantitative estimate of drug-likeness (QED) is 0.623. The molecule has 136 valence electrons. The van der Waals surface area contributed by atoms with Crippen molar-refractivity contribution in [3.05, 3.63) is 24.0 Å². The van der Waals surface area contributed by atoms with E-state index in [0.29, 0.717) is 11.7 Å². The second kappa shape index (κ2) is 6.94. The van der Waals surface area contributed by atoms with Gasteiger partial charge in [-0.15, -0.1) is 0 Å². The standard InChI is InChI=1S/C18H26N4O2S/c1-12-14-5-4-8-21(14)9-10-22(12)16(23)7-3-2-6-15-17-13(11-25-15)19-18(24)20-17/h4-5,8,12-13,15,17H,2-3,6-7,9-11H2,1H3,(H2,19,20,24)/t12-,13+,15+,17+/m1/s1. The highest BCUT2D eigenvalue weighted by Crippen LogP contribution is 2.33. The van der Waals surface area contributed by atoms with E-state index in [2.05, 4.69) is 40.5 Å². The van der Waals surface area contributed by atoms with Crippen molar-refractivity contribution in [2.75, 3.05) is 12.3 Å². The number of rotatable bonds is 5. The predicted molar refractivity (Wildman–Crippen MR) is 98.5 cm³/mol. The summed E-state index contributed by atoms with van der Waals surface area (Å²) in [5.41, 5.74) is 1.23. The number of carbonyl (C=O) groups excluding carboxylic acids is 2. The van der Waals surface area contributed by atoms with Gasteiger partial charge in [0.25, 0.3) is 0 Å². The van der Waals surface area contributed by atoms with Gasteiger partial charge in [-0.3, -0.25) is 4.79 Å².